The minimum Gasteiger partial charge on any atom is -0.376 e. The van der Waals surface area contributed by atoms with Gasteiger partial charge in [-0.1, -0.05) is 0 Å². The minimum atomic E-state index is 0.0297. The molecule has 2 heterocycles. The van der Waals surface area contributed by atoms with Gasteiger partial charge in [-0.05, 0) is 47.9 Å². The van der Waals surface area contributed by atoms with E-state index in [1.165, 1.54) is 6.42 Å². The number of hydrogen-bond acceptors (Lipinski definition) is 2. The molecule has 1 atom stereocenters. The first-order chi connectivity index (χ1) is 8.16. The molecule has 4 nitrogen and oxygen atoms in total. The van der Waals surface area contributed by atoms with Crippen molar-refractivity contribution in [2.24, 2.45) is 0 Å². The van der Waals surface area contributed by atoms with Crippen LogP contribution in [0.4, 0.5) is 0 Å². The first kappa shape index (κ1) is 12.9. The maximum absolute atomic E-state index is 12.1. The summed E-state index contributed by atoms with van der Waals surface area (Å²) < 4.78 is 6.68. The lowest BCUT2D eigenvalue weighted by Crippen LogP contribution is -2.37. The molecule has 1 unspecified atom stereocenters. The number of H-pyrrole nitrogens is 1. The number of amides is 1. The zero-order valence-corrected chi connectivity index (χ0v) is 12.1. The summed E-state index contributed by atoms with van der Waals surface area (Å²) in [5.74, 6) is 0.0297. The number of aromatic amines is 1. The molecule has 1 aliphatic rings. The smallest absolute Gasteiger partial charge is 0.270 e. The third-order valence-electron chi connectivity index (χ3n) is 2.98. The van der Waals surface area contributed by atoms with Crippen molar-refractivity contribution in [3.05, 3.63) is 21.5 Å². The van der Waals surface area contributed by atoms with Gasteiger partial charge in [-0.25, -0.2) is 0 Å². The molecule has 1 N–H and O–H groups in total. The highest BCUT2D eigenvalue weighted by molar-refractivity contribution is 14.1. The maximum Gasteiger partial charge on any atom is 0.270 e. The number of ether oxygens (including phenoxy) is 1. The van der Waals surface area contributed by atoms with E-state index in [2.05, 4.69) is 27.6 Å². The average molecular weight is 348 g/mol. The van der Waals surface area contributed by atoms with Gasteiger partial charge in [-0.2, -0.15) is 0 Å². The van der Waals surface area contributed by atoms with Crippen molar-refractivity contribution in [2.45, 2.75) is 25.4 Å². The molecule has 1 aromatic heterocycles. The zero-order valence-electron chi connectivity index (χ0n) is 9.91. The molecule has 1 fully saturated rings. The van der Waals surface area contributed by atoms with Crippen LogP contribution >= 0.6 is 22.6 Å². The van der Waals surface area contributed by atoms with Crippen LogP contribution in [0.25, 0.3) is 0 Å². The summed E-state index contributed by atoms with van der Waals surface area (Å²) in [6, 6.07) is 1.86. The van der Waals surface area contributed by atoms with E-state index in [4.69, 9.17) is 4.74 Å². The van der Waals surface area contributed by atoms with Crippen LogP contribution in [-0.2, 0) is 4.74 Å². The van der Waals surface area contributed by atoms with Crippen LogP contribution in [-0.4, -0.2) is 42.1 Å². The van der Waals surface area contributed by atoms with E-state index in [0.29, 0.717) is 12.2 Å². The molecule has 5 heteroatoms. The van der Waals surface area contributed by atoms with Gasteiger partial charge >= 0.3 is 0 Å². The second kappa shape index (κ2) is 5.86. The van der Waals surface area contributed by atoms with Crippen LogP contribution < -0.4 is 0 Å². The highest BCUT2D eigenvalue weighted by Crippen LogP contribution is 2.15. The Morgan fingerprint density at radius 1 is 1.65 bits per heavy atom. The predicted molar refractivity (Wildman–Crippen MR) is 74.1 cm³/mol. The molecule has 0 spiro atoms. The van der Waals surface area contributed by atoms with Gasteiger partial charge < -0.3 is 14.6 Å². The molecule has 2 rings (SSSR count). The van der Waals surface area contributed by atoms with Gasteiger partial charge in [0.1, 0.15) is 5.69 Å². The van der Waals surface area contributed by atoms with Gasteiger partial charge in [-0.3, -0.25) is 4.79 Å². The number of rotatable bonds is 3. The normalized spacial score (nSPS) is 20.2. The Morgan fingerprint density at radius 2 is 2.47 bits per heavy atom. The standard InChI is InChI=1S/C12H17IN2O2/c1-15(8-10-4-2-3-5-17-10)12(16)11-6-9(13)7-14-11/h6-7,10,14H,2-5,8H2,1H3. The molecule has 17 heavy (non-hydrogen) atoms. The summed E-state index contributed by atoms with van der Waals surface area (Å²) in [6.07, 6.45) is 5.43. The van der Waals surface area contributed by atoms with E-state index in [1.807, 2.05) is 19.3 Å². The van der Waals surface area contributed by atoms with Gasteiger partial charge in [0.05, 0.1) is 6.10 Å². The van der Waals surface area contributed by atoms with Gasteiger partial charge in [0.15, 0.2) is 0 Å². The molecular weight excluding hydrogens is 331 g/mol. The van der Waals surface area contributed by atoms with Gasteiger partial charge in [-0.15, -0.1) is 0 Å². The van der Waals surface area contributed by atoms with Crippen LogP contribution in [0.3, 0.4) is 0 Å². The predicted octanol–water partition coefficient (Wildman–Crippen LogP) is 2.26. The van der Waals surface area contributed by atoms with Gasteiger partial charge in [0.25, 0.3) is 5.91 Å². The Morgan fingerprint density at radius 3 is 3.06 bits per heavy atom. The topological polar surface area (TPSA) is 45.3 Å². The molecule has 0 bridgehead atoms. The number of carbonyl (C=O) groups excluding carboxylic acids is 1. The Labute approximate surface area is 115 Å². The largest absolute Gasteiger partial charge is 0.376 e. The van der Waals surface area contributed by atoms with E-state index in [9.17, 15) is 4.79 Å². The molecule has 0 aromatic carbocycles. The van der Waals surface area contributed by atoms with Crippen molar-refractivity contribution >= 4 is 28.5 Å². The summed E-state index contributed by atoms with van der Waals surface area (Å²) >= 11 is 2.19. The summed E-state index contributed by atoms with van der Waals surface area (Å²) in [5.41, 5.74) is 0.646. The van der Waals surface area contributed by atoms with Crippen LogP contribution in [0.2, 0.25) is 0 Å². The van der Waals surface area contributed by atoms with E-state index in [0.717, 1.165) is 23.0 Å². The van der Waals surface area contributed by atoms with Crippen molar-refractivity contribution in [2.75, 3.05) is 20.2 Å². The third-order valence-corrected chi connectivity index (χ3v) is 3.60. The van der Waals surface area contributed by atoms with E-state index in [1.54, 1.807) is 4.90 Å². The number of hydrogen-bond donors (Lipinski definition) is 1. The van der Waals surface area contributed by atoms with Gasteiger partial charge in [0.2, 0.25) is 0 Å². The maximum atomic E-state index is 12.1. The van der Waals surface area contributed by atoms with Crippen LogP contribution in [0.5, 0.6) is 0 Å². The number of likely N-dealkylation sites (N-methyl/N-ethyl adjacent to an activating group) is 1. The minimum absolute atomic E-state index is 0.0297. The van der Waals surface area contributed by atoms with Crippen LogP contribution in [0, 0.1) is 3.57 Å². The van der Waals surface area contributed by atoms with Crippen molar-refractivity contribution < 1.29 is 9.53 Å². The fourth-order valence-corrected chi connectivity index (χ4v) is 2.50. The van der Waals surface area contributed by atoms with Crippen LogP contribution in [0.1, 0.15) is 29.8 Å². The molecule has 1 aromatic rings. The zero-order chi connectivity index (χ0) is 12.3. The molecule has 1 amide bonds. The molecule has 0 saturated carbocycles. The summed E-state index contributed by atoms with van der Waals surface area (Å²) in [6.45, 7) is 1.50. The average Bonchev–Trinajstić information content (AvgIpc) is 2.76. The van der Waals surface area contributed by atoms with E-state index in [-0.39, 0.29) is 12.0 Å². The highest BCUT2D eigenvalue weighted by atomic mass is 127. The lowest BCUT2D eigenvalue weighted by molar-refractivity contribution is -0.000278. The number of nitrogens with one attached hydrogen (secondary N) is 1. The van der Waals surface area contributed by atoms with Crippen molar-refractivity contribution in [1.82, 2.24) is 9.88 Å². The van der Waals surface area contributed by atoms with E-state index >= 15 is 0 Å². The monoisotopic (exact) mass is 348 g/mol. The Bertz CT molecular complexity index is 386. The van der Waals surface area contributed by atoms with Gasteiger partial charge in [0, 0.05) is 30.0 Å². The first-order valence-corrected chi connectivity index (χ1v) is 6.95. The number of carbonyl (C=O) groups is 1. The highest BCUT2D eigenvalue weighted by Gasteiger charge is 2.20. The lowest BCUT2D eigenvalue weighted by Gasteiger charge is -2.27. The Kier molecular flexibility index (Phi) is 4.44. The Hall–Kier alpha value is -0.560. The van der Waals surface area contributed by atoms with Crippen molar-refractivity contribution in [1.29, 1.82) is 0 Å². The number of halogens is 1. The molecular formula is C12H17IN2O2. The number of nitrogens with zero attached hydrogens (tertiary/aromatic N) is 1. The SMILES string of the molecule is CN(CC1CCCCO1)C(=O)c1cc(I)c[nH]1. The molecule has 1 saturated heterocycles. The molecule has 1 aliphatic heterocycles. The second-order valence-electron chi connectivity index (χ2n) is 4.41. The van der Waals surface area contributed by atoms with Crippen molar-refractivity contribution in [3.8, 4) is 0 Å². The molecule has 94 valence electrons. The fraction of sp³-hybridized carbons (Fsp3) is 0.583. The third kappa shape index (κ3) is 3.45. The first-order valence-electron chi connectivity index (χ1n) is 5.88. The fourth-order valence-electron chi connectivity index (χ4n) is 2.04. The Balaban J connectivity index is 1.90. The molecule has 0 radical (unpaired) electrons. The molecule has 0 aliphatic carbocycles. The summed E-state index contributed by atoms with van der Waals surface area (Å²) in [5, 5.41) is 0. The van der Waals surface area contributed by atoms with Crippen molar-refractivity contribution in [3.63, 3.8) is 0 Å². The lowest BCUT2D eigenvalue weighted by atomic mass is 10.1. The second-order valence-corrected chi connectivity index (χ2v) is 5.65. The quantitative estimate of drug-likeness (QED) is 0.852. The van der Waals surface area contributed by atoms with E-state index < -0.39 is 0 Å². The number of aromatic nitrogens is 1. The summed E-state index contributed by atoms with van der Waals surface area (Å²) in [4.78, 5) is 16.8. The summed E-state index contributed by atoms with van der Waals surface area (Å²) in [7, 11) is 1.83. The van der Waals surface area contributed by atoms with Crippen LogP contribution in [0.15, 0.2) is 12.3 Å².